The zero-order valence-electron chi connectivity index (χ0n) is 35.5. The Kier molecular flexibility index (Phi) is 12.2. The maximum atomic E-state index is 13.4. The van der Waals surface area contributed by atoms with Crippen molar-refractivity contribution in [2.75, 3.05) is 69.2 Å². The molecule has 60 heavy (non-hydrogen) atoms. The minimum atomic E-state index is -4.42. The first kappa shape index (κ1) is 42.7. The van der Waals surface area contributed by atoms with E-state index < -0.39 is 20.9 Å². The molecule has 2 saturated heterocycles. The summed E-state index contributed by atoms with van der Waals surface area (Å²) in [6.45, 7) is 16.9. The average molecular weight is 857 g/mol. The third-order valence-corrected chi connectivity index (χ3v) is 16.2. The molecule has 5 fully saturated rings. The number of nitrogens with zero attached hydrogens (tertiary/aromatic N) is 4. The fraction of sp³-hybridized carbons (Fsp3) is 0.543. The largest absolute Gasteiger partial charge is 0.379 e. The normalized spacial score (nSPS) is 25.4. The van der Waals surface area contributed by atoms with E-state index in [1.54, 1.807) is 35.0 Å². The maximum absolute atomic E-state index is 13.4. The van der Waals surface area contributed by atoms with Crippen LogP contribution in [-0.4, -0.2) is 99.5 Å². The Morgan fingerprint density at radius 3 is 2.27 bits per heavy atom. The molecule has 322 valence electrons. The molecule has 2 heterocycles. The van der Waals surface area contributed by atoms with Gasteiger partial charge in [-0.05, 0) is 117 Å². The lowest BCUT2D eigenvalue weighted by atomic mass is 9.33. The minimum absolute atomic E-state index is 0.0910. The molecule has 2 bridgehead atoms. The van der Waals surface area contributed by atoms with E-state index in [0.29, 0.717) is 35.9 Å². The number of morpholine rings is 1. The second-order valence-corrected chi connectivity index (χ2v) is 22.0. The van der Waals surface area contributed by atoms with Crippen molar-refractivity contribution in [3.63, 3.8) is 0 Å². The Balaban J connectivity index is 0.862. The summed E-state index contributed by atoms with van der Waals surface area (Å²) in [6, 6.07) is 20.6. The fourth-order valence-corrected chi connectivity index (χ4v) is 12.9. The topological polar surface area (TPSA) is 137 Å². The van der Waals surface area contributed by atoms with Gasteiger partial charge in [-0.3, -0.25) is 24.7 Å². The van der Waals surface area contributed by atoms with Crippen LogP contribution in [0.4, 0.5) is 17.1 Å². The van der Waals surface area contributed by atoms with Crippen LogP contribution in [0.5, 0.6) is 0 Å². The summed E-state index contributed by atoms with van der Waals surface area (Å²) in [4.78, 5) is 33.0. The number of carbonyl (C=O) groups is 1. The van der Waals surface area contributed by atoms with Gasteiger partial charge >= 0.3 is 0 Å². The number of hydrogen-bond donors (Lipinski definition) is 2. The second-order valence-electron chi connectivity index (χ2n) is 19.0. The maximum Gasteiger partial charge on any atom is 0.293 e. The minimum Gasteiger partial charge on any atom is -0.379 e. The molecule has 3 aromatic carbocycles. The molecule has 2 atom stereocenters. The number of carbonyl (C=O) groups excluding carboxylic acids is 1. The van der Waals surface area contributed by atoms with Gasteiger partial charge in [0.25, 0.3) is 21.6 Å². The average Bonchev–Trinajstić information content (AvgIpc) is 3.20. The van der Waals surface area contributed by atoms with E-state index in [1.165, 1.54) is 50.7 Å². The van der Waals surface area contributed by atoms with Gasteiger partial charge in [0.05, 0.1) is 28.4 Å². The number of nitrogens with one attached hydrogen (secondary N) is 2. The summed E-state index contributed by atoms with van der Waals surface area (Å²) in [7, 11) is -4.42. The van der Waals surface area contributed by atoms with Crippen molar-refractivity contribution in [1.82, 2.24) is 14.5 Å². The molecular formula is C46H60N6O6S2. The van der Waals surface area contributed by atoms with Crippen LogP contribution in [0, 0.1) is 26.4 Å². The lowest BCUT2D eigenvalue weighted by Crippen LogP contribution is -2.61. The third-order valence-electron chi connectivity index (χ3n) is 13.5. The molecule has 2 N–H and O–H groups in total. The Hall–Kier alpha value is -3.95. The van der Waals surface area contributed by atoms with Gasteiger partial charge in [0.1, 0.15) is 5.69 Å². The van der Waals surface area contributed by atoms with Crippen LogP contribution in [0.15, 0.2) is 93.7 Å². The first-order valence-electron chi connectivity index (χ1n) is 21.5. The van der Waals surface area contributed by atoms with E-state index in [0.717, 1.165) is 62.5 Å². The quantitative estimate of drug-likeness (QED) is 0.0663. The predicted octanol–water partition coefficient (Wildman–Crippen LogP) is 8.17. The molecule has 1 amide bonds. The molecule has 0 unspecified atom stereocenters. The Morgan fingerprint density at radius 2 is 1.62 bits per heavy atom. The molecule has 3 saturated carbocycles. The number of benzene rings is 3. The number of nitro groups is 1. The van der Waals surface area contributed by atoms with Crippen LogP contribution in [-0.2, 0) is 14.8 Å². The smallest absolute Gasteiger partial charge is 0.293 e. The molecule has 0 radical (unpaired) electrons. The SMILES string of the molecule is C[C@H](C[C@H](Sc1ccccc1)N1CCOCC1)Nc1ccc(S(=O)(=O)NC(=O)c2ccc(N3CCN(CC4=C(C56CC(C)(C5)C6)CC(C)(C)CC4)CC3)cc2)cc1[N+](=O)[O-]. The van der Waals surface area contributed by atoms with Crippen molar-refractivity contribution < 1.29 is 22.9 Å². The van der Waals surface area contributed by atoms with Crippen LogP contribution >= 0.6 is 11.8 Å². The lowest BCUT2D eigenvalue weighted by Gasteiger charge is -2.72. The van der Waals surface area contributed by atoms with Crippen LogP contribution in [0.1, 0.15) is 83.0 Å². The number of nitro benzene ring substituents is 1. The molecular weight excluding hydrogens is 797 g/mol. The molecule has 9 rings (SSSR count). The molecule has 14 heteroatoms. The van der Waals surface area contributed by atoms with Crippen LogP contribution in [0.2, 0.25) is 0 Å². The summed E-state index contributed by atoms with van der Waals surface area (Å²) in [6.07, 6.45) is 8.52. The number of rotatable bonds is 15. The Bertz CT molecular complexity index is 2180. The number of allylic oxidation sites excluding steroid dienone is 1. The molecule has 12 nitrogen and oxygen atoms in total. The number of hydrogen-bond acceptors (Lipinski definition) is 11. The molecule has 0 spiro atoms. The van der Waals surface area contributed by atoms with E-state index >= 15 is 0 Å². The molecule has 0 aromatic heterocycles. The van der Waals surface area contributed by atoms with Crippen molar-refractivity contribution in [1.29, 1.82) is 0 Å². The second kappa shape index (κ2) is 17.1. The monoisotopic (exact) mass is 856 g/mol. The Labute approximate surface area is 359 Å². The summed E-state index contributed by atoms with van der Waals surface area (Å²) >= 11 is 1.74. The van der Waals surface area contributed by atoms with Crippen molar-refractivity contribution >= 4 is 44.8 Å². The number of ether oxygens (including phenoxy) is 1. The van der Waals surface area contributed by atoms with Crippen molar-refractivity contribution in [2.24, 2.45) is 16.2 Å². The van der Waals surface area contributed by atoms with Crippen LogP contribution in [0.3, 0.4) is 0 Å². The van der Waals surface area contributed by atoms with Crippen LogP contribution < -0.4 is 14.9 Å². The van der Waals surface area contributed by atoms with Crippen molar-refractivity contribution in [3.8, 4) is 0 Å². The first-order chi connectivity index (χ1) is 28.6. The van der Waals surface area contributed by atoms with Gasteiger partial charge in [-0.2, -0.15) is 0 Å². The fourth-order valence-electron chi connectivity index (χ4n) is 10.6. The highest BCUT2D eigenvalue weighted by atomic mass is 32.2. The first-order valence-corrected chi connectivity index (χ1v) is 23.9. The molecule has 6 aliphatic rings. The van der Waals surface area contributed by atoms with E-state index in [-0.39, 0.29) is 33.2 Å². The van der Waals surface area contributed by atoms with Crippen molar-refractivity contribution in [2.45, 2.75) is 93.8 Å². The highest BCUT2D eigenvalue weighted by Gasteiger charge is 2.66. The zero-order valence-corrected chi connectivity index (χ0v) is 37.1. The highest BCUT2D eigenvalue weighted by Crippen LogP contribution is 2.77. The summed E-state index contributed by atoms with van der Waals surface area (Å²) < 4.78 is 34.6. The van der Waals surface area contributed by atoms with Gasteiger partial charge in [-0.15, -0.1) is 11.8 Å². The van der Waals surface area contributed by atoms with E-state index in [4.69, 9.17) is 4.74 Å². The highest BCUT2D eigenvalue weighted by molar-refractivity contribution is 7.99. The third kappa shape index (κ3) is 9.42. The molecule has 4 aliphatic carbocycles. The molecule has 3 aromatic rings. The van der Waals surface area contributed by atoms with Crippen LogP contribution in [0.25, 0.3) is 0 Å². The van der Waals surface area contributed by atoms with Gasteiger partial charge in [0.15, 0.2) is 0 Å². The molecule has 2 aliphatic heterocycles. The van der Waals surface area contributed by atoms with Gasteiger partial charge < -0.3 is 15.0 Å². The summed E-state index contributed by atoms with van der Waals surface area (Å²) in [5.41, 5.74) is 5.97. The van der Waals surface area contributed by atoms with E-state index in [1.807, 2.05) is 37.3 Å². The van der Waals surface area contributed by atoms with Crippen molar-refractivity contribution in [3.05, 3.63) is 99.6 Å². The Morgan fingerprint density at radius 1 is 0.933 bits per heavy atom. The van der Waals surface area contributed by atoms with Gasteiger partial charge in [0, 0.05) is 74.1 Å². The number of sulfonamides is 1. The predicted molar refractivity (Wildman–Crippen MR) is 238 cm³/mol. The summed E-state index contributed by atoms with van der Waals surface area (Å²) in [5.74, 6) is -0.799. The number of piperazine rings is 1. The van der Waals surface area contributed by atoms with E-state index in [9.17, 15) is 23.3 Å². The lowest BCUT2D eigenvalue weighted by molar-refractivity contribution is -0.384. The number of amides is 1. The summed E-state index contributed by atoms with van der Waals surface area (Å²) in [5, 5.41) is 15.6. The van der Waals surface area contributed by atoms with E-state index in [2.05, 4.69) is 57.6 Å². The van der Waals surface area contributed by atoms with Gasteiger partial charge in [-0.25, -0.2) is 13.1 Å². The zero-order chi connectivity index (χ0) is 42.3. The standard InChI is InChI=1S/C46H60N6O6S2/c1-33(26-42(51-22-24-58-25-23-51)59-37-8-6-5-7-9-37)47-40-15-14-38(27-41(40)52(54)55)60(56,57)48-43(53)34-10-12-36(13-11-34)50-20-18-49(19-21-50)29-35-16-17-44(2,3)28-39(35)46-30-45(4,31-46)32-46/h5-15,27,33,42,47H,16-26,28-32H2,1-4H3,(H,48,53)/t33-,42+,45?,46?/m1/s1. The number of thioether (sulfide) groups is 1. The van der Waals surface area contributed by atoms with Gasteiger partial charge in [-0.1, -0.05) is 50.1 Å². The number of anilines is 2. The van der Waals surface area contributed by atoms with Gasteiger partial charge in [0.2, 0.25) is 0 Å².